The zero-order valence-corrected chi connectivity index (χ0v) is 13.6. The molecule has 0 aliphatic heterocycles. The molecule has 0 aliphatic rings. The maximum atomic E-state index is 13.3. The standard InChI is InChI=1S/C19H17FN2O3/c1-24-18(14-8-5-9-15(20)10-14)12-21-19(23)16-11-17(25-22-16)13-6-3-2-4-7-13/h2-11,18H,12H2,1H3,(H,21,23)/t18-/m0/s1. The van der Waals surface area contributed by atoms with E-state index in [2.05, 4.69) is 10.5 Å². The van der Waals surface area contributed by atoms with E-state index in [1.54, 1.807) is 18.2 Å². The van der Waals surface area contributed by atoms with Gasteiger partial charge in [-0.25, -0.2) is 4.39 Å². The number of hydrogen-bond acceptors (Lipinski definition) is 4. The van der Waals surface area contributed by atoms with Crippen molar-refractivity contribution in [3.05, 3.63) is 77.7 Å². The van der Waals surface area contributed by atoms with Crippen LogP contribution in [0.4, 0.5) is 4.39 Å². The summed E-state index contributed by atoms with van der Waals surface area (Å²) >= 11 is 0. The largest absolute Gasteiger partial charge is 0.375 e. The minimum atomic E-state index is -0.458. The SMILES string of the molecule is CO[C@@H](CNC(=O)c1cc(-c2ccccc2)on1)c1cccc(F)c1. The Morgan fingerprint density at radius 2 is 2.00 bits per heavy atom. The average Bonchev–Trinajstić information content (AvgIpc) is 3.13. The molecule has 0 spiro atoms. The molecule has 25 heavy (non-hydrogen) atoms. The van der Waals surface area contributed by atoms with Gasteiger partial charge in [-0.05, 0) is 17.7 Å². The highest BCUT2D eigenvalue weighted by Gasteiger charge is 2.17. The first-order valence-corrected chi connectivity index (χ1v) is 7.76. The lowest BCUT2D eigenvalue weighted by molar-refractivity contribution is 0.0820. The number of aromatic nitrogens is 1. The number of ether oxygens (including phenoxy) is 1. The monoisotopic (exact) mass is 340 g/mol. The molecule has 1 atom stereocenters. The Morgan fingerprint density at radius 1 is 1.20 bits per heavy atom. The van der Waals surface area contributed by atoms with Crippen LogP contribution in [0.1, 0.15) is 22.2 Å². The summed E-state index contributed by atoms with van der Waals surface area (Å²) in [5, 5.41) is 6.52. The van der Waals surface area contributed by atoms with Crippen LogP contribution in [0.5, 0.6) is 0 Å². The lowest BCUT2D eigenvalue weighted by atomic mass is 10.1. The second-order valence-corrected chi connectivity index (χ2v) is 5.43. The Morgan fingerprint density at radius 3 is 2.72 bits per heavy atom. The van der Waals surface area contributed by atoms with E-state index in [0.29, 0.717) is 11.3 Å². The predicted octanol–water partition coefficient (Wildman–Crippen LogP) is 3.60. The molecule has 5 nitrogen and oxygen atoms in total. The number of amides is 1. The van der Waals surface area contributed by atoms with Gasteiger partial charge in [0.2, 0.25) is 0 Å². The van der Waals surface area contributed by atoms with Crippen LogP contribution < -0.4 is 5.32 Å². The van der Waals surface area contributed by atoms with Crippen LogP contribution in [0.3, 0.4) is 0 Å². The summed E-state index contributed by atoms with van der Waals surface area (Å²) in [5.41, 5.74) is 1.66. The minimum Gasteiger partial charge on any atom is -0.375 e. The summed E-state index contributed by atoms with van der Waals surface area (Å²) in [6.45, 7) is 0.187. The first-order chi connectivity index (χ1) is 12.2. The van der Waals surface area contributed by atoms with Crippen LogP contribution in [0.2, 0.25) is 0 Å². The lowest BCUT2D eigenvalue weighted by Gasteiger charge is -2.16. The number of carbonyl (C=O) groups is 1. The van der Waals surface area contributed by atoms with Gasteiger partial charge < -0.3 is 14.6 Å². The van der Waals surface area contributed by atoms with E-state index < -0.39 is 6.10 Å². The van der Waals surface area contributed by atoms with Crippen molar-refractivity contribution in [3.8, 4) is 11.3 Å². The molecule has 0 saturated heterocycles. The van der Waals surface area contributed by atoms with Crippen LogP contribution in [-0.2, 0) is 4.74 Å². The fraction of sp³-hybridized carbons (Fsp3) is 0.158. The number of hydrogen-bond donors (Lipinski definition) is 1. The van der Waals surface area contributed by atoms with E-state index in [4.69, 9.17) is 9.26 Å². The van der Waals surface area contributed by atoms with Crippen molar-refractivity contribution >= 4 is 5.91 Å². The predicted molar refractivity (Wildman–Crippen MR) is 90.4 cm³/mol. The van der Waals surface area contributed by atoms with Crippen molar-refractivity contribution in [3.63, 3.8) is 0 Å². The fourth-order valence-corrected chi connectivity index (χ4v) is 2.44. The number of halogens is 1. The smallest absolute Gasteiger partial charge is 0.273 e. The number of carbonyl (C=O) groups excluding carboxylic acids is 1. The Labute approximate surface area is 144 Å². The first-order valence-electron chi connectivity index (χ1n) is 7.76. The van der Waals surface area contributed by atoms with E-state index in [9.17, 15) is 9.18 Å². The number of nitrogens with zero attached hydrogens (tertiary/aromatic N) is 1. The van der Waals surface area contributed by atoms with Gasteiger partial charge >= 0.3 is 0 Å². The van der Waals surface area contributed by atoms with Crippen LogP contribution in [0.15, 0.2) is 65.2 Å². The van der Waals surface area contributed by atoms with E-state index in [-0.39, 0.29) is 24.0 Å². The van der Waals surface area contributed by atoms with Crippen molar-refractivity contribution in [2.45, 2.75) is 6.10 Å². The highest BCUT2D eigenvalue weighted by Crippen LogP contribution is 2.20. The molecule has 128 valence electrons. The van der Waals surface area contributed by atoms with Crippen molar-refractivity contribution < 1.29 is 18.4 Å². The number of nitrogens with one attached hydrogen (secondary N) is 1. The second-order valence-electron chi connectivity index (χ2n) is 5.43. The zero-order valence-electron chi connectivity index (χ0n) is 13.6. The quantitative estimate of drug-likeness (QED) is 0.745. The molecule has 1 aromatic heterocycles. The van der Waals surface area contributed by atoms with Gasteiger partial charge in [0.25, 0.3) is 5.91 Å². The maximum absolute atomic E-state index is 13.3. The summed E-state index contributed by atoms with van der Waals surface area (Å²) in [5.74, 6) is -0.224. The molecule has 1 amide bonds. The van der Waals surface area contributed by atoms with Crippen molar-refractivity contribution in [2.75, 3.05) is 13.7 Å². The minimum absolute atomic E-state index is 0.174. The molecule has 3 rings (SSSR count). The zero-order chi connectivity index (χ0) is 17.6. The third-order valence-corrected chi connectivity index (χ3v) is 3.75. The van der Waals surface area contributed by atoms with Gasteiger partial charge in [0.05, 0.1) is 6.10 Å². The molecular weight excluding hydrogens is 323 g/mol. The van der Waals surface area contributed by atoms with Gasteiger partial charge in [0, 0.05) is 25.3 Å². The molecule has 2 aromatic carbocycles. The Hall–Kier alpha value is -2.99. The van der Waals surface area contributed by atoms with Crippen molar-refractivity contribution in [1.29, 1.82) is 0 Å². The molecule has 1 heterocycles. The number of benzene rings is 2. The fourth-order valence-electron chi connectivity index (χ4n) is 2.44. The van der Waals surface area contributed by atoms with Gasteiger partial charge in [-0.2, -0.15) is 0 Å². The molecule has 0 aliphatic carbocycles. The normalized spacial score (nSPS) is 11.9. The third kappa shape index (κ3) is 4.10. The van der Waals surface area contributed by atoms with Gasteiger partial charge in [-0.15, -0.1) is 0 Å². The van der Waals surface area contributed by atoms with Crippen LogP contribution in [0, 0.1) is 5.82 Å². The van der Waals surface area contributed by atoms with Crippen molar-refractivity contribution in [1.82, 2.24) is 10.5 Å². The molecule has 0 fully saturated rings. The van der Waals surface area contributed by atoms with Gasteiger partial charge in [-0.1, -0.05) is 47.6 Å². The topological polar surface area (TPSA) is 64.4 Å². The molecule has 1 N–H and O–H groups in total. The van der Waals surface area contributed by atoms with E-state index in [0.717, 1.165) is 5.56 Å². The van der Waals surface area contributed by atoms with Gasteiger partial charge in [0.15, 0.2) is 11.5 Å². The number of methoxy groups -OCH3 is 1. The molecule has 0 radical (unpaired) electrons. The maximum Gasteiger partial charge on any atom is 0.273 e. The van der Waals surface area contributed by atoms with Crippen LogP contribution >= 0.6 is 0 Å². The molecule has 3 aromatic rings. The molecule has 0 unspecified atom stereocenters. The summed E-state index contributed by atoms with van der Waals surface area (Å²) in [7, 11) is 1.51. The highest BCUT2D eigenvalue weighted by molar-refractivity contribution is 5.93. The van der Waals surface area contributed by atoms with Gasteiger partial charge in [0.1, 0.15) is 5.82 Å². The van der Waals surface area contributed by atoms with Crippen LogP contribution in [-0.4, -0.2) is 24.7 Å². The average molecular weight is 340 g/mol. The Kier molecular flexibility index (Phi) is 5.20. The molecule has 0 bridgehead atoms. The number of rotatable bonds is 6. The van der Waals surface area contributed by atoms with E-state index >= 15 is 0 Å². The summed E-state index contributed by atoms with van der Waals surface area (Å²) in [6.07, 6.45) is -0.458. The second kappa shape index (κ2) is 7.72. The molecule has 0 saturated carbocycles. The van der Waals surface area contributed by atoms with E-state index in [1.165, 1.54) is 19.2 Å². The summed E-state index contributed by atoms with van der Waals surface area (Å²) < 4.78 is 23.9. The Balaban J connectivity index is 1.65. The lowest BCUT2D eigenvalue weighted by Crippen LogP contribution is -2.29. The summed E-state index contributed by atoms with van der Waals surface area (Å²) in [4.78, 5) is 12.2. The highest BCUT2D eigenvalue weighted by atomic mass is 19.1. The van der Waals surface area contributed by atoms with Gasteiger partial charge in [-0.3, -0.25) is 4.79 Å². The summed E-state index contributed by atoms with van der Waals surface area (Å²) in [6, 6.07) is 17.0. The van der Waals surface area contributed by atoms with E-state index in [1.807, 2.05) is 30.3 Å². The van der Waals surface area contributed by atoms with Crippen LogP contribution in [0.25, 0.3) is 11.3 Å². The van der Waals surface area contributed by atoms with Crippen molar-refractivity contribution in [2.24, 2.45) is 0 Å². The third-order valence-electron chi connectivity index (χ3n) is 3.75. The molecular formula is C19H17FN2O3. The first kappa shape index (κ1) is 16.9. The molecule has 6 heteroatoms. The Bertz CT molecular complexity index is 849.